The fourth-order valence-corrected chi connectivity index (χ4v) is 4.80. The monoisotopic (exact) mass is 573 g/mol. The molecule has 40 heavy (non-hydrogen) atoms. The van der Waals surface area contributed by atoms with E-state index in [2.05, 4.69) is 20.5 Å². The quantitative estimate of drug-likeness (QED) is 0.285. The van der Waals surface area contributed by atoms with Crippen LogP contribution in [0.3, 0.4) is 0 Å². The number of likely N-dealkylation sites (tertiary alicyclic amines) is 1. The molecule has 1 amide bonds. The number of amides is 1. The van der Waals surface area contributed by atoms with Crippen LogP contribution in [0.25, 0.3) is 28.0 Å². The van der Waals surface area contributed by atoms with Crippen molar-refractivity contribution in [1.82, 2.24) is 29.5 Å². The highest BCUT2D eigenvalue weighted by molar-refractivity contribution is 6.29. The van der Waals surface area contributed by atoms with E-state index in [-0.39, 0.29) is 16.8 Å². The molecule has 3 aromatic heterocycles. The predicted molar refractivity (Wildman–Crippen MR) is 144 cm³/mol. The van der Waals surface area contributed by atoms with Gasteiger partial charge in [0.25, 0.3) is 0 Å². The number of fused-ring (bicyclic) bond motifs is 1. The second kappa shape index (κ2) is 10.6. The lowest BCUT2D eigenvalue weighted by Crippen LogP contribution is -2.47. The van der Waals surface area contributed by atoms with Crippen LogP contribution in [0, 0.1) is 0 Å². The van der Waals surface area contributed by atoms with Crippen LogP contribution in [-0.4, -0.2) is 60.3 Å². The maximum Gasteiger partial charge on any atom is 0.416 e. The first-order valence-corrected chi connectivity index (χ1v) is 13.0. The summed E-state index contributed by atoms with van der Waals surface area (Å²) in [5, 5.41) is 11.9. The SMILES string of the molecule is CC(C)(C)OC(=O)N1CCCC(Nc2nc(-c3ccnc(Cl)c3)c(-c3cccc(C(F)(F)F)c3)c3nncn23)C1. The maximum absolute atomic E-state index is 13.6. The molecular formula is C27H27ClF3N7O2. The Kier molecular flexibility index (Phi) is 7.30. The zero-order chi connectivity index (χ0) is 28.7. The van der Waals surface area contributed by atoms with Gasteiger partial charge in [-0.25, -0.2) is 14.8 Å². The molecule has 4 aromatic rings. The van der Waals surface area contributed by atoms with Gasteiger partial charge in [0.05, 0.1) is 16.8 Å². The summed E-state index contributed by atoms with van der Waals surface area (Å²) < 4.78 is 47.9. The zero-order valence-electron chi connectivity index (χ0n) is 22.0. The van der Waals surface area contributed by atoms with Gasteiger partial charge in [-0.15, -0.1) is 10.2 Å². The molecule has 4 heterocycles. The summed E-state index contributed by atoms with van der Waals surface area (Å²) >= 11 is 6.18. The number of anilines is 1. The first-order chi connectivity index (χ1) is 18.9. The minimum atomic E-state index is -4.53. The van der Waals surface area contributed by atoms with E-state index in [4.69, 9.17) is 21.3 Å². The second-order valence-corrected chi connectivity index (χ2v) is 10.9. The van der Waals surface area contributed by atoms with Crippen molar-refractivity contribution in [3.05, 3.63) is 59.6 Å². The topological polar surface area (TPSA) is 97.5 Å². The molecule has 13 heteroatoms. The third kappa shape index (κ3) is 5.96. The van der Waals surface area contributed by atoms with Crippen molar-refractivity contribution in [2.24, 2.45) is 0 Å². The molecule has 1 aliphatic rings. The lowest BCUT2D eigenvalue weighted by Gasteiger charge is -2.34. The number of aromatic nitrogens is 5. The fourth-order valence-electron chi connectivity index (χ4n) is 4.63. The van der Waals surface area contributed by atoms with Crippen LogP contribution in [-0.2, 0) is 10.9 Å². The summed E-state index contributed by atoms with van der Waals surface area (Å²) in [6.45, 7) is 6.40. The van der Waals surface area contributed by atoms with E-state index in [0.717, 1.165) is 25.0 Å². The molecule has 0 aliphatic carbocycles. The van der Waals surface area contributed by atoms with E-state index in [9.17, 15) is 18.0 Å². The highest BCUT2D eigenvalue weighted by atomic mass is 35.5. The number of nitrogens with zero attached hydrogens (tertiary/aromatic N) is 6. The van der Waals surface area contributed by atoms with Crippen LogP contribution in [0.1, 0.15) is 39.2 Å². The van der Waals surface area contributed by atoms with Crippen molar-refractivity contribution in [3.8, 4) is 22.4 Å². The van der Waals surface area contributed by atoms with Gasteiger partial charge in [-0.05, 0) is 63.4 Å². The van der Waals surface area contributed by atoms with Crippen LogP contribution in [0.4, 0.5) is 23.9 Å². The third-order valence-electron chi connectivity index (χ3n) is 6.34. The molecular weight excluding hydrogens is 547 g/mol. The number of piperidine rings is 1. The van der Waals surface area contributed by atoms with Crippen molar-refractivity contribution in [2.45, 2.75) is 51.4 Å². The zero-order valence-corrected chi connectivity index (χ0v) is 22.8. The Balaban J connectivity index is 1.58. The van der Waals surface area contributed by atoms with Gasteiger partial charge >= 0.3 is 12.3 Å². The van der Waals surface area contributed by atoms with Crippen molar-refractivity contribution in [3.63, 3.8) is 0 Å². The number of hydrogen-bond acceptors (Lipinski definition) is 7. The molecule has 9 nitrogen and oxygen atoms in total. The molecule has 1 saturated heterocycles. The van der Waals surface area contributed by atoms with Gasteiger partial charge in [0.1, 0.15) is 17.1 Å². The number of pyridine rings is 1. The Bertz CT molecular complexity index is 1550. The minimum absolute atomic E-state index is 0.173. The van der Waals surface area contributed by atoms with Gasteiger partial charge in [0.15, 0.2) is 5.65 Å². The second-order valence-electron chi connectivity index (χ2n) is 10.5. The molecule has 1 fully saturated rings. The van der Waals surface area contributed by atoms with Gasteiger partial charge in [0.2, 0.25) is 5.95 Å². The number of carbonyl (C=O) groups is 1. The normalized spacial score (nSPS) is 16.3. The summed E-state index contributed by atoms with van der Waals surface area (Å²) in [7, 11) is 0. The third-order valence-corrected chi connectivity index (χ3v) is 6.55. The van der Waals surface area contributed by atoms with Gasteiger partial charge < -0.3 is 15.0 Å². The van der Waals surface area contributed by atoms with Crippen molar-refractivity contribution in [2.75, 3.05) is 18.4 Å². The number of hydrogen-bond donors (Lipinski definition) is 1. The molecule has 1 aliphatic heterocycles. The molecule has 1 aromatic carbocycles. The van der Waals surface area contributed by atoms with Crippen LogP contribution in [0.2, 0.25) is 5.15 Å². The van der Waals surface area contributed by atoms with E-state index in [1.54, 1.807) is 27.5 Å². The van der Waals surface area contributed by atoms with Crippen LogP contribution >= 0.6 is 11.6 Å². The fraction of sp³-hybridized carbons (Fsp3) is 0.370. The lowest BCUT2D eigenvalue weighted by molar-refractivity contribution is -0.137. The first kappa shape index (κ1) is 27.6. The molecule has 210 valence electrons. The Labute approximate surface area is 233 Å². The lowest BCUT2D eigenvalue weighted by atomic mass is 9.98. The van der Waals surface area contributed by atoms with Gasteiger partial charge in [-0.3, -0.25) is 4.40 Å². The molecule has 0 bridgehead atoms. The maximum atomic E-state index is 13.6. The number of nitrogens with one attached hydrogen (secondary N) is 1. The highest BCUT2D eigenvalue weighted by Gasteiger charge is 2.32. The largest absolute Gasteiger partial charge is 0.444 e. The summed E-state index contributed by atoms with van der Waals surface area (Å²) in [5.41, 5.74) is 0.409. The summed E-state index contributed by atoms with van der Waals surface area (Å²) in [6.07, 6.45) is -0.479. The molecule has 0 saturated carbocycles. The molecule has 1 atom stereocenters. The van der Waals surface area contributed by atoms with E-state index in [1.807, 2.05) is 20.8 Å². The number of halogens is 4. The van der Waals surface area contributed by atoms with Crippen LogP contribution in [0.5, 0.6) is 0 Å². The Morgan fingerprint density at radius 1 is 1.15 bits per heavy atom. The summed E-state index contributed by atoms with van der Waals surface area (Å²) in [6, 6.07) is 8.07. The summed E-state index contributed by atoms with van der Waals surface area (Å²) in [5.74, 6) is 0.370. The molecule has 0 spiro atoms. The molecule has 0 radical (unpaired) electrons. The standard InChI is InChI=1S/C27H27ClF3N7O2/c1-26(2,3)40-25(39)37-11-5-8-19(14-37)34-24-35-22(17-9-10-32-20(28)13-17)21(23-36-33-15-38(23)24)16-6-4-7-18(12-16)27(29,30)31/h4,6-7,9-10,12-13,15,19H,5,8,11,14H2,1-3H3,(H,34,35). The molecule has 1 unspecified atom stereocenters. The Hall–Kier alpha value is -3.93. The Morgan fingerprint density at radius 2 is 1.95 bits per heavy atom. The van der Waals surface area contributed by atoms with E-state index in [1.165, 1.54) is 18.6 Å². The van der Waals surface area contributed by atoms with Crippen LogP contribution < -0.4 is 5.32 Å². The van der Waals surface area contributed by atoms with Crippen molar-refractivity contribution in [1.29, 1.82) is 0 Å². The van der Waals surface area contributed by atoms with Gasteiger partial charge in [-0.2, -0.15) is 13.2 Å². The summed E-state index contributed by atoms with van der Waals surface area (Å²) in [4.78, 5) is 23.2. The first-order valence-electron chi connectivity index (χ1n) is 12.7. The van der Waals surface area contributed by atoms with E-state index in [0.29, 0.717) is 41.5 Å². The van der Waals surface area contributed by atoms with Gasteiger partial charge in [-0.1, -0.05) is 23.7 Å². The van der Waals surface area contributed by atoms with Crippen molar-refractivity contribution < 1.29 is 22.7 Å². The van der Waals surface area contributed by atoms with Crippen LogP contribution in [0.15, 0.2) is 48.9 Å². The minimum Gasteiger partial charge on any atom is -0.444 e. The average molecular weight is 574 g/mol. The van der Waals surface area contributed by atoms with E-state index < -0.39 is 23.4 Å². The number of ether oxygens (including phenoxy) is 1. The van der Waals surface area contributed by atoms with E-state index >= 15 is 0 Å². The Morgan fingerprint density at radius 3 is 2.67 bits per heavy atom. The number of alkyl halides is 3. The number of rotatable bonds is 4. The smallest absolute Gasteiger partial charge is 0.416 e. The van der Waals surface area contributed by atoms with Crippen molar-refractivity contribution >= 4 is 29.3 Å². The highest BCUT2D eigenvalue weighted by Crippen LogP contribution is 2.38. The average Bonchev–Trinajstić information content (AvgIpc) is 3.37. The molecule has 5 rings (SSSR count). The number of carbonyl (C=O) groups excluding carboxylic acids is 1. The predicted octanol–water partition coefficient (Wildman–Crippen LogP) is 6.34. The number of benzene rings is 1. The van der Waals surface area contributed by atoms with Gasteiger partial charge in [0, 0.05) is 30.9 Å². The molecule has 1 N–H and O–H groups in total.